The van der Waals surface area contributed by atoms with Gasteiger partial charge in [-0.1, -0.05) is 93.6 Å². The van der Waals surface area contributed by atoms with Crippen molar-refractivity contribution in [1.82, 2.24) is 4.90 Å². The minimum Gasteiger partial charge on any atom is -0.278 e. The van der Waals surface area contributed by atoms with Crippen molar-refractivity contribution in [3.05, 3.63) is 106 Å². The molecule has 32 heavy (non-hydrogen) atoms. The Morgan fingerprint density at radius 2 is 1.22 bits per heavy atom. The second-order valence-electron chi connectivity index (χ2n) is 10.5. The van der Waals surface area contributed by atoms with Crippen LogP contribution < -0.4 is 0 Å². The lowest BCUT2D eigenvalue weighted by molar-refractivity contribution is -0.140. The van der Waals surface area contributed by atoms with Crippen molar-refractivity contribution < 1.29 is 9.59 Å². The van der Waals surface area contributed by atoms with Gasteiger partial charge in [-0.25, -0.2) is 0 Å². The largest absolute Gasteiger partial charge is 0.278 e. The van der Waals surface area contributed by atoms with Crippen molar-refractivity contribution in [3.63, 3.8) is 0 Å². The highest BCUT2D eigenvalue weighted by Crippen LogP contribution is 2.61. The van der Waals surface area contributed by atoms with Gasteiger partial charge in [0, 0.05) is 11.8 Å². The van der Waals surface area contributed by atoms with Crippen molar-refractivity contribution in [2.45, 2.75) is 44.6 Å². The lowest BCUT2D eigenvalue weighted by atomic mass is 9.54. The molecule has 0 unspecified atom stereocenters. The van der Waals surface area contributed by atoms with E-state index in [4.69, 9.17) is 0 Å². The van der Waals surface area contributed by atoms with Gasteiger partial charge in [0.1, 0.15) is 0 Å². The van der Waals surface area contributed by atoms with Gasteiger partial charge in [-0.3, -0.25) is 14.5 Å². The maximum absolute atomic E-state index is 13.8. The summed E-state index contributed by atoms with van der Waals surface area (Å²) in [6.07, 6.45) is 0. The third-order valence-corrected chi connectivity index (χ3v) is 7.68. The molecule has 3 aromatic carbocycles. The second-order valence-corrected chi connectivity index (χ2v) is 10.5. The molecule has 0 radical (unpaired) electrons. The third-order valence-electron chi connectivity index (χ3n) is 7.68. The Kier molecular flexibility index (Phi) is 4.05. The summed E-state index contributed by atoms with van der Waals surface area (Å²) in [5, 5.41) is 0. The number of likely N-dealkylation sites (tertiary alicyclic amines) is 1. The molecule has 0 N–H and O–H groups in total. The van der Waals surface area contributed by atoms with Gasteiger partial charge in [0.2, 0.25) is 11.8 Å². The minimum absolute atomic E-state index is 0.0137. The third kappa shape index (κ3) is 2.60. The van der Waals surface area contributed by atoms with E-state index in [2.05, 4.69) is 63.2 Å². The molecule has 1 fully saturated rings. The Morgan fingerprint density at radius 1 is 0.688 bits per heavy atom. The van der Waals surface area contributed by atoms with Gasteiger partial charge in [0.15, 0.2) is 0 Å². The van der Waals surface area contributed by atoms with Crippen LogP contribution in [0, 0.1) is 11.8 Å². The lowest BCUT2D eigenvalue weighted by Gasteiger charge is -2.46. The molecule has 3 heteroatoms. The van der Waals surface area contributed by atoms with Gasteiger partial charge in [0.05, 0.1) is 18.4 Å². The van der Waals surface area contributed by atoms with Crippen molar-refractivity contribution >= 4 is 11.8 Å². The Bertz CT molecular complexity index is 1250. The number of imide groups is 1. The number of hydrogen-bond acceptors (Lipinski definition) is 2. The van der Waals surface area contributed by atoms with E-state index < -0.39 is 0 Å². The molecule has 0 aromatic heterocycles. The summed E-state index contributed by atoms with van der Waals surface area (Å²) in [4.78, 5) is 29.0. The number of carbonyl (C=O) groups excluding carboxylic acids is 2. The fourth-order valence-electron chi connectivity index (χ4n) is 6.18. The monoisotopic (exact) mass is 421 g/mol. The number of hydrogen-bond donors (Lipinski definition) is 0. The highest BCUT2D eigenvalue weighted by Gasteiger charge is 2.61. The molecule has 4 atom stereocenters. The highest BCUT2D eigenvalue weighted by atomic mass is 16.2. The molecule has 1 heterocycles. The van der Waals surface area contributed by atoms with E-state index in [1.807, 2.05) is 30.3 Å². The van der Waals surface area contributed by atoms with E-state index in [0.717, 1.165) is 5.56 Å². The van der Waals surface area contributed by atoms with Crippen LogP contribution in [0.2, 0.25) is 0 Å². The smallest absolute Gasteiger partial charge is 0.234 e. The first-order valence-electron chi connectivity index (χ1n) is 11.5. The first-order valence-corrected chi connectivity index (χ1v) is 11.5. The van der Waals surface area contributed by atoms with Gasteiger partial charge in [-0.05, 0) is 38.8 Å². The van der Waals surface area contributed by atoms with Crippen LogP contribution in [-0.2, 0) is 21.5 Å². The van der Waals surface area contributed by atoms with E-state index in [-0.39, 0.29) is 40.9 Å². The Labute approximate surface area is 189 Å². The predicted molar refractivity (Wildman–Crippen MR) is 124 cm³/mol. The van der Waals surface area contributed by atoms with E-state index in [0.29, 0.717) is 6.54 Å². The van der Waals surface area contributed by atoms with Crippen LogP contribution in [-0.4, -0.2) is 16.7 Å². The highest BCUT2D eigenvalue weighted by molar-refractivity contribution is 6.07. The molecule has 4 aliphatic rings. The maximum atomic E-state index is 13.8. The van der Waals surface area contributed by atoms with Gasteiger partial charge < -0.3 is 0 Å². The summed E-state index contributed by atoms with van der Waals surface area (Å²) >= 11 is 0. The van der Waals surface area contributed by atoms with Gasteiger partial charge in [-0.2, -0.15) is 0 Å². The molecule has 3 nitrogen and oxygen atoms in total. The first-order chi connectivity index (χ1) is 15.4. The Balaban J connectivity index is 1.51. The zero-order valence-corrected chi connectivity index (χ0v) is 18.7. The van der Waals surface area contributed by atoms with E-state index >= 15 is 0 Å². The summed E-state index contributed by atoms with van der Waals surface area (Å²) in [6, 6.07) is 25.0. The quantitative estimate of drug-likeness (QED) is 0.521. The summed E-state index contributed by atoms with van der Waals surface area (Å²) < 4.78 is 0. The number of rotatable bonds is 2. The van der Waals surface area contributed by atoms with Crippen molar-refractivity contribution in [2.75, 3.05) is 0 Å². The molecule has 3 aliphatic carbocycles. The van der Waals surface area contributed by atoms with Gasteiger partial charge in [0.25, 0.3) is 0 Å². The molecule has 0 saturated carbocycles. The predicted octanol–water partition coefficient (Wildman–Crippen LogP) is 5.38. The van der Waals surface area contributed by atoms with E-state index in [9.17, 15) is 9.59 Å². The van der Waals surface area contributed by atoms with E-state index in [1.54, 1.807) is 0 Å². The van der Waals surface area contributed by atoms with Crippen molar-refractivity contribution in [1.29, 1.82) is 0 Å². The van der Waals surface area contributed by atoms with Gasteiger partial charge in [-0.15, -0.1) is 0 Å². The standard InChI is InChI=1S/C29H27NO2/c1-29(2,3)18-13-14-21-22(15-18)24-20-12-8-7-11-19(20)23(21)25-26(24)28(32)30(27(25)31)16-17-9-5-4-6-10-17/h4-15,23-26H,16H2,1-3H3/t23-,24-,25-,26+/m0/s1. The molecule has 1 aliphatic heterocycles. The fourth-order valence-corrected chi connectivity index (χ4v) is 6.18. The number of amides is 2. The average Bonchev–Trinajstić information content (AvgIpc) is 3.04. The minimum atomic E-state index is -0.311. The molecular weight excluding hydrogens is 394 g/mol. The topological polar surface area (TPSA) is 37.4 Å². The van der Waals surface area contributed by atoms with Crippen LogP contribution in [0.1, 0.15) is 66.0 Å². The SMILES string of the molecule is CC(C)(C)c1ccc2c(c1)[C@@H]1c3ccccc3[C@@H]2[C@@H]2C(=O)N(Cc3ccccc3)C(=O)[C@H]12. The maximum Gasteiger partial charge on any atom is 0.234 e. The summed E-state index contributed by atoms with van der Waals surface area (Å²) in [5.41, 5.74) is 7.20. The Morgan fingerprint density at radius 3 is 1.81 bits per heavy atom. The summed E-state index contributed by atoms with van der Waals surface area (Å²) in [7, 11) is 0. The van der Waals surface area contributed by atoms with Crippen LogP contribution >= 0.6 is 0 Å². The van der Waals surface area contributed by atoms with E-state index in [1.165, 1.54) is 32.7 Å². The zero-order chi connectivity index (χ0) is 22.2. The summed E-state index contributed by atoms with van der Waals surface area (Å²) in [5.74, 6) is -0.759. The Hall–Kier alpha value is -3.20. The van der Waals surface area contributed by atoms with Crippen LogP contribution in [0.4, 0.5) is 0 Å². The molecule has 7 rings (SSSR count). The normalized spacial score (nSPS) is 25.5. The van der Waals surface area contributed by atoms with Crippen LogP contribution in [0.15, 0.2) is 72.8 Å². The van der Waals surface area contributed by atoms with Crippen LogP contribution in [0.25, 0.3) is 0 Å². The lowest BCUT2D eigenvalue weighted by Crippen LogP contribution is -2.41. The number of benzene rings is 3. The second kappa shape index (κ2) is 6.65. The number of carbonyl (C=O) groups is 2. The molecule has 160 valence electrons. The zero-order valence-electron chi connectivity index (χ0n) is 18.7. The molecule has 2 amide bonds. The molecular formula is C29H27NO2. The van der Waals surface area contributed by atoms with Gasteiger partial charge >= 0.3 is 0 Å². The van der Waals surface area contributed by atoms with Crippen molar-refractivity contribution in [2.24, 2.45) is 11.8 Å². The van der Waals surface area contributed by atoms with Crippen molar-refractivity contribution in [3.8, 4) is 0 Å². The first kappa shape index (κ1) is 19.5. The number of nitrogens with zero attached hydrogens (tertiary/aromatic N) is 1. The molecule has 1 saturated heterocycles. The van der Waals surface area contributed by atoms with Crippen LogP contribution in [0.5, 0.6) is 0 Å². The average molecular weight is 422 g/mol. The fraction of sp³-hybridized carbons (Fsp3) is 0.310. The molecule has 3 aromatic rings. The summed E-state index contributed by atoms with van der Waals surface area (Å²) in [6.45, 7) is 7.01. The molecule has 0 spiro atoms. The van der Waals surface area contributed by atoms with Crippen LogP contribution in [0.3, 0.4) is 0 Å². The molecule has 2 bridgehead atoms.